The van der Waals surface area contributed by atoms with Crippen molar-refractivity contribution in [3.63, 3.8) is 0 Å². The summed E-state index contributed by atoms with van der Waals surface area (Å²) in [4.78, 5) is 40.0. The van der Waals surface area contributed by atoms with Gasteiger partial charge in [-0.25, -0.2) is 0 Å². The van der Waals surface area contributed by atoms with Gasteiger partial charge in [0.05, 0.1) is 25.8 Å². The molecule has 1 aromatic rings. The van der Waals surface area contributed by atoms with Crippen LogP contribution in [0.5, 0.6) is 5.75 Å². The molecule has 2 amide bonds. The van der Waals surface area contributed by atoms with Crippen LogP contribution in [0.4, 0.5) is 5.69 Å². The average molecular weight is 364 g/mol. The quantitative estimate of drug-likeness (QED) is 0.743. The van der Waals surface area contributed by atoms with E-state index in [1.807, 2.05) is 12.1 Å². The molecule has 0 bridgehead atoms. The van der Waals surface area contributed by atoms with Crippen molar-refractivity contribution < 1.29 is 23.9 Å². The van der Waals surface area contributed by atoms with E-state index in [1.165, 1.54) is 23.8 Å². The summed E-state index contributed by atoms with van der Waals surface area (Å²) in [5.74, 6) is 0.613. The van der Waals surface area contributed by atoms with Crippen LogP contribution in [0.25, 0.3) is 0 Å². The summed E-state index contributed by atoms with van der Waals surface area (Å²) in [7, 11) is 1.34. The third-order valence-corrected chi connectivity index (χ3v) is 5.37. The lowest BCUT2D eigenvalue weighted by Crippen LogP contribution is -2.49. The molecule has 3 rings (SSSR count). The number of para-hydroxylation sites is 2. The van der Waals surface area contributed by atoms with Crippen LogP contribution < -0.4 is 9.64 Å². The van der Waals surface area contributed by atoms with E-state index in [9.17, 15) is 14.4 Å². The van der Waals surface area contributed by atoms with E-state index in [1.54, 1.807) is 17.0 Å². The highest BCUT2D eigenvalue weighted by Crippen LogP contribution is 2.31. The molecule has 7 nitrogen and oxygen atoms in total. The number of hydrogen-bond donors (Lipinski definition) is 0. The first-order valence-electron chi connectivity index (χ1n) is 8.09. The van der Waals surface area contributed by atoms with Crippen molar-refractivity contribution in [2.45, 2.75) is 11.7 Å². The molecule has 0 aromatic heterocycles. The molecular formula is C17H20N2O5S. The van der Waals surface area contributed by atoms with Gasteiger partial charge in [0.25, 0.3) is 0 Å². The number of methoxy groups -OCH3 is 1. The minimum atomic E-state index is -0.377. The molecule has 1 aromatic carbocycles. The maximum Gasteiger partial charge on any atom is 0.320 e. The molecule has 0 N–H and O–H groups in total. The second-order valence-corrected chi connectivity index (χ2v) is 7.08. The Bertz CT molecular complexity index is 681. The standard InChI is InChI=1S/C17H20N2O5S/c1-23-17(22)14-10-18(7-9-25-14)16(21)11-19-12-4-2-3-5-13(12)24-8-6-15(19)20/h2-5,14H,6-11H2,1H3/t14-/m0/s1. The van der Waals surface area contributed by atoms with Crippen LogP contribution in [0.3, 0.4) is 0 Å². The van der Waals surface area contributed by atoms with E-state index in [0.717, 1.165) is 0 Å². The Morgan fingerprint density at radius 3 is 2.96 bits per heavy atom. The molecule has 0 spiro atoms. The van der Waals surface area contributed by atoms with Crippen molar-refractivity contribution >= 4 is 35.2 Å². The number of amides is 2. The number of esters is 1. The Hall–Kier alpha value is -2.22. The molecule has 134 valence electrons. The van der Waals surface area contributed by atoms with Crippen molar-refractivity contribution in [3.8, 4) is 5.75 Å². The lowest BCUT2D eigenvalue weighted by molar-refractivity contribution is -0.141. The topological polar surface area (TPSA) is 76.2 Å². The van der Waals surface area contributed by atoms with Crippen molar-refractivity contribution in [1.82, 2.24) is 4.90 Å². The van der Waals surface area contributed by atoms with Crippen LogP contribution in [0.15, 0.2) is 24.3 Å². The number of carbonyl (C=O) groups is 3. The highest BCUT2D eigenvalue weighted by atomic mass is 32.2. The Morgan fingerprint density at radius 1 is 1.36 bits per heavy atom. The van der Waals surface area contributed by atoms with Crippen LogP contribution in [0.2, 0.25) is 0 Å². The molecule has 0 aliphatic carbocycles. The minimum absolute atomic E-state index is 0.0578. The van der Waals surface area contributed by atoms with Gasteiger partial charge in [0.2, 0.25) is 11.8 Å². The first kappa shape index (κ1) is 17.6. The van der Waals surface area contributed by atoms with E-state index in [2.05, 4.69) is 0 Å². The lowest BCUT2D eigenvalue weighted by Gasteiger charge is -2.32. The minimum Gasteiger partial charge on any atom is -0.491 e. The van der Waals surface area contributed by atoms with E-state index in [-0.39, 0.29) is 36.0 Å². The average Bonchev–Trinajstić information content (AvgIpc) is 2.80. The van der Waals surface area contributed by atoms with Gasteiger partial charge in [-0.1, -0.05) is 12.1 Å². The van der Waals surface area contributed by atoms with E-state index in [0.29, 0.717) is 36.9 Å². The molecule has 2 aliphatic rings. The first-order chi connectivity index (χ1) is 12.1. The molecule has 2 aliphatic heterocycles. The highest BCUT2D eigenvalue weighted by Gasteiger charge is 2.32. The molecule has 0 saturated carbocycles. The summed E-state index contributed by atoms with van der Waals surface area (Å²) in [5, 5.41) is -0.377. The molecule has 0 unspecified atom stereocenters. The molecule has 1 saturated heterocycles. The number of rotatable bonds is 3. The first-order valence-corrected chi connectivity index (χ1v) is 9.14. The number of hydrogen-bond acceptors (Lipinski definition) is 6. The van der Waals surface area contributed by atoms with Gasteiger partial charge < -0.3 is 14.4 Å². The Morgan fingerprint density at radius 2 is 2.16 bits per heavy atom. The zero-order valence-electron chi connectivity index (χ0n) is 14.0. The summed E-state index contributed by atoms with van der Waals surface area (Å²) >= 11 is 1.49. The number of benzene rings is 1. The predicted molar refractivity (Wildman–Crippen MR) is 93.7 cm³/mol. The van der Waals surface area contributed by atoms with Crippen molar-refractivity contribution in [3.05, 3.63) is 24.3 Å². The Balaban J connectivity index is 1.73. The summed E-state index contributed by atoms with van der Waals surface area (Å²) in [6.07, 6.45) is 0.225. The Kier molecular flexibility index (Phi) is 5.47. The molecular weight excluding hydrogens is 344 g/mol. The van der Waals surface area contributed by atoms with Gasteiger partial charge in [0, 0.05) is 18.8 Å². The van der Waals surface area contributed by atoms with Crippen LogP contribution in [0, 0.1) is 0 Å². The third kappa shape index (κ3) is 3.89. The van der Waals surface area contributed by atoms with Crippen LogP contribution >= 0.6 is 11.8 Å². The fraction of sp³-hybridized carbons (Fsp3) is 0.471. The number of carbonyl (C=O) groups excluding carboxylic acids is 3. The van der Waals surface area contributed by atoms with Crippen molar-refractivity contribution in [2.24, 2.45) is 0 Å². The van der Waals surface area contributed by atoms with E-state index in [4.69, 9.17) is 9.47 Å². The summed E-state index contributed by atoms with van der Waals surface area (Å²) in [6, 6.07) is 7.20. The third-order valence-electron chi connectivity index (χ3n) is 4.21. The lowest BCUT2D eigenvalue weighted by atomic mass is 10.2. The Labute approximate surface area is 150 Å². The highest BCUT2D eigenvalue weighted by molar-refractivity contribution is 8.00. The van der Waals surface area contributed by atoms with Crippen LogP contribution in [-0.2, 0) is 19.1 Å². The summed E-state index contributed by atoms with van der Waals surface area (Å²) in [5.41, 5.74) is 0.606. The summed E-state index contributed by atoms with van der Waals surface area (Å²) in [6.45, 7) is 1.09. The van der Waals surface area contributed by atoms with Gasteiger partial charge in [0.15, 0.2) is 0 Å². The van der Waals surface area contributed by atoms with E-state index < -0.39 is 0 Å². The van der Waals surface area contributed by atoms with Gasteiger partial charge in [0.1, 0.15) is 17.5 Å². The van der Waals surface area contributed by atoms with Crippen LogP contribution in [0.1, 0.15) is 6.42 Å². The van der Waals surface area contributed by atoms with Crippen molar-refractivity contribution in [2.75, 3.05) is 44.0 Å². The SMILES string of the molecule is COC(=O)[C@@H]1CN(C(=O)CN2C(=O)CCOc3ccccc32)CCS1. The fourth-order valence-corrected chi connectivity index (χ4v) is 4.01. The molecule has 25 heavy (non-hydrogen) atoms. The zero-order chi connectivity index (χ0) is 17.8. The molecule has 2 heterocycles. The number of anilines is 1. The number of thioether (sulfide) groups is 1. The monoisotopic (exact) mass is 364 g/mol. The normalized spacial score (nSPS) is 20.4. The van der Waals surface area contributed by atoms with Gasteiger partial charge in [-0.3, -0.25) is 19.3 Å². The van der Waals surface area contributed by atoms with Gasteiger partial charge in [-0.2, -0.15) is 0 Å². The van der Waals surface area contributed by atoms with Crippen molar-refractivity contribution in [1.29, 1.82) is 0 Å². The number of fused-ring (bicyclic) bond motifs is 1. The van der Waals surface area contributed by atoms with E-state index >= 15 is 0 Å². The number of ether oxygens (including phenoxy) is 2. The second-order valence-electron chi connectivity index (χ2n) is 5.77. The fourth-order valence-electron chi connectivity index (χ4n) is 2.88. The smallest absolute Gasteiger partial charge is 0.320 e. The van der Waals surface area contributed by atoms with Gasteiger partial charge in [-0.05, 0) is 12.1 Å². The van der Waals surface area contributed by atoms with Gasteiger partial charge >= 0.3 is 5.97 Å². The number of nitrogens with zero attached hydrogens (tertiary/aromatic N) is 2. The maximum absolute atomic E-state index is 12.7. The zero-order valence-corrected chi connectivity index (χ0v) is 14.8. The largest absolute Gasteiger partial charge is 0.491 e. The van der Waals surface area contributed by atoms with Crippen LogP contribution in [-0.4, -0.2) is 67.0 Å². The molecule has 1 fully saturated rings. The molecule has 1 atom stereocenters. The predicted octanol–water partition coefficient (Wildman–Crippen LogP) is 0.919. The molecule has 0 radical (unpaired) electrons. The summed E-state index contributed by atoms with van der Waals surface area (Å²) < 4.78 is 10.4. The maximum atomic E-state index is 12.7. The second kappa shape index (κ2) is 7.77. The molecule has 8 heteroatoms. The van der Waals surface area contributed by atoms with Gasteiger partial charge in [-0.15, -0.1) is 11.8 Å².